The molecule has 190 valence electrons. The van der Waals surface area contributed by atoms with Crippen molar-refractivity contribution in [2.24, 2.45) is 0 Å². The number of carboxylic acids is 1. The highest BCUT2D eigenvalue weighted by atomic mass is 35.5. The number of fused-ring (bicyclic) bond motifs is 1. The van der Waals surface area contributed by atoms with Crippen molar-refractivity contribution in [2.45, 2.75) is 32.1 Å². The van der Waals surface area contributed by atoms with Crippen molar-refractivity contribution in [3.63, 3.8) is 0 Å². The molecule has 1 fully saturated rings. The molecule has 0 spiro atoms. The molecule has 0 bridgehead atoms. The number of allylic oxidation sites excluding steroid dienone is 1. The zero-order chi connectivity index (χ0) is 25.8. The summed E-state index contributed by atoms with van der Waals surface area (Å²) in [5, 5.41) is 10.3. The first-order valence-corrected chi connectivity index (χ1v) is 13.3. The van der Waals surface area contributed by atoms with E-state index in [9.17, 15) is 14.3 Å². The minimum absolute atomic E-state index is 0.258. The van der Waals surface area contributed by atoms with E-state index in [4.69, 9.17) is 11.6 Å². The molecule has 1 N–H and O–H groups in total. The predicted molar refractivity (Wildman–Crippen MR) is 150 cm³/mol. The first kappa shape index (κ1) is 25.4. The Kier molecular flexibility index (Phi) is 7.87. The molecule has 1 aliphatic heterocycles. The molecule has 0 saturated carbocycles. The Morgan fingerprint density at radius 3 is 2.46 bits per heavy atom. The molecule has 1 aliphatic carbocycles. The number of hydrogen-bond acceptors (Lipinski definition) is 2. The zero-order valence-corrected chi connectivity index (χ0v) is 21.6. The molecule has 5 heteroatoms. The highest BCUT2D eigenvalue weighted by Crippen LogP contribution is 2.40. The standard InChI is InChI=1S/C32H31ClFNO2/c33-28-12-9-24(10-13-28)29-4-1-3-26-20-27(32(36)37)11-14-30(26)31(29)25-7-5-22(6-8-25)19-23-15-18-35(21-23)17-2-16-34/h5-14,19-20H,1-4,15-18,21H2,(H,36,37)/b23-19-. The number of nitrogens with zero attached hydrogens (tertiary/aromatic N) is 1. The van der Waals surface area contributed by atoms with Gasteiger partial charge in [0, 0.05) is 24.7 Å². The predicted octanol–water partition coefficient (Wildman–Crippen LogP) is 7.78. The molecule has 0 unspecified atom stereocenters. The van der Waals surface area contributed by atoms with Crippen LogP contribution in [0.3, 0.4) is 0 Å². The lowest BCUT2D eigenvalue weighted by Gasteiger charge is -2.17. The number of hydrogen-bond donors (Lipinski definition) is 1. The zero-order valence-electron chi connectivity index (χ0n) is 20.9. The maximum atomic E-state index is 12.5. The molecule has 2 aliphatic rings. The van der Waals surface area contributed by atoms with Gasteiger partial charge in [0.1, 0.15) is 0 Å². The van der Waals surface area contributed by atoms with Crippen molar-refractivity contribution in [3.05, 3.63) is 111 Å². The van der Waals surface area contributed by atoms with Crippen LogP contribution in [0, 0.1) is 0 Å². The number of carboxylic acid groups (broad SMARTS) is 1. The summed E-state index contributed by atoms with van der Waals surface area (Å²) in [4.78, 5) is 14.0. The van der Waals surface area contributed by atoms with Crippen LogP contribution in [-0.4, -0.2) is 42.3 Å². The fourth-order valence-electron chi connectivity index (χ4n) is 5.51. The maximum Gasteiger partial charge on any atom is 0.335 e. The fourth-order valence-corrected chi connectivity index (χ4v) is 5.64. The summed E-state index contributed by atoms with van der Waals surface area (Å²) < 4.78 is 12.5. The molecule has 37 heavy (non-hydrogen) atoms. The molecule has 3 aromatic carbocycles. The van der Waals surface area contributed by atoms with Gasteiger partial charge in [-0.3, -0.25) is 9.29 Å². The van der Waals surface area contributed by atoms with Gasteiger partial charge in [-0.05, 0) is 95.3 Å². The summed E-state index contributed by atoms with van der Waals surface area (Å²) >= 11 is 6.19. The van der Waals surface area contributed by atoms with Crippen molar-refractivity contribution in [1.82, 2.24) is 4.90 Å². The molecule has 3 nitrogen and oxygen atoms in total. The highest BCUT2D eigenvalue weighted by Gasteiger charge is 2.22. The maximum absolute atomic E-state index is 12.5. The van der Waals surface area contributed by atoms with Crippen molar-refractivity contribution >= 4 is 34.8 Å². The Hall–Kier alpha value is -3.21. The molecule has 1 heterocycles. The van der Waals surface area contributed by atoms with Gasteiger partial charge in [-0.15, -0.1) is 0 Å². The third-order valence-electron chi connectivity index (χ3n) is 7.34. The van der Waals surface area contributed by atoms with Gasteiger partial charge in [-0.25, -0.2) is 4.79 Å². The van der Waals surface area contributed by atoms with E-state index in [0.717, 1.165) is 78.7 Å². The van der Waals surface area contributed by atoms with E-state index in [2.05, 4.69) is 47.4 Å². The van der Waals surface area contributed by atoms with Crippen molar-refractivity contribution < 1.29 is 14.3 Å². The largest absolute Gasteiger partial charge is 0.478 e. The van der Waals surface area contributed by atoms with Crippen molar-refractivity contribution in [3.8, 4) is 0 Å². The Labute approximate surface area is 222 Å². The van der Waals surface area contributed by atoms with Crippen molar-refractivity contribution in [1.29, 1.82) is 0 Å². The fraction of sp³-hybridized carbons (Fsp3) is 0.281. The number of rotatable bonds is 7. The van der Waals surface area contributed by atoms with Crippen LogP contribution in [0.4, 0.5) is 4.39 Å². The SMILES string of the molecule is O=C(O)c1ccc2c(c1)CCCC(c1ccc(Cl)cc1)=C2c1ccc(/C=C2/CCN(CCCF)C2)cc1. The Morgan fingerprint density at radius 2 is 1.73 bits per heavy atom. The second-order valence-electron chi connectivity index (χ2n) is 9.88. The minimum atomic E-state index is -0.900. The van der Waals surface area contributed by atoms with E-state index in [-0.39, 0.29) is 6.67 Å². The van der Waals surface area contributed by atoms with E-state index >= 15 is 0 Å². The molecule has 0 radical (unpaired) electrons. The average Bonchev–Trinajstić information content (AvgIpc) is 3.26. The topological polar surface area (TPSA) is 40.5 Å². The number of alkyl halides is 1. The summed E-state index contributed by atoms with van der Waals surface area (Å²) in [7, 11) is 0. The Morgan fingerprint density at radius 1 is 0.973 bits per heavy atom. The molecule has 1 saturated heterocycles. The quantitative estimate of drug-likeness (QED) is 0.349. The second kappa shape index (κ2) is 11.5. The lowest BCUT2D eigenvalue weighted by molar-refractivity contribution is 0.0696. The van der Waals surface area contributed by atoms with E-state index in [1.807, 2.05) is 24.3 Å². The lowest BCUT2D eigenvalue weighted by Crippen LogP contribution is -2.20. The number of halogens is 2. The highest BCUT2D eigenvalue weighted by molar-refractivity contribution is 6.30. The monoisotopic (exact) mass is 515 g/mol. The number of carbonyl (C=O) groups is 1. The van der Waals surface area contributed by atoms with E-state index in [1.54, 1.807) is 6.07 Å². The first-order chi connectivity index (χ1) is 18.0. The number of likely N-dealkylation sites (tertiary alicyclic amines) is 1. The van der Waals surface area contributed by atoms with Gasteiger partial charge < -0.3 is 5.11 Å². The second-order valence-corrected chi connectivity index (χ2v) is 10.3. The normalized spacial score (nSPS) is 17.2. The van der Waals surface area contributed by atoms with Gasteiger partial charge in [-0.1, -0.05) is 65.7 Å². The third-order valence-corrected chi connectivity index (χ3v) is 7.59. The summed E-state index contributed by atoms with van der Waals surface area (Å²) in [6.07, 6.45) is 6.56. The average molecular weight is 516 g/mol. The summed E-state index contributed by atoms with van der Waals surface area (Å²) in [6, 6.07) is 22.2. The van der Waals surface area contributed by atoms with Crippen LogP contribution < -0.4 is 0 Å². The van der Waals surface area contributed by atoms with Crippen LogP contribution in [0.1, 0.15) is 63.9 Å². The van der Waals surface area contributed by atoms with Crippen LogP contribution in [0.2, 0.25) is 5.02 Å². The van der Waals surface area contributed by atoms with E-state index < -0.39 is 5.97 Å². The molecule has 0 aromatic heterocycles. The van der Waals surface area contributed by atoms with Gasteiger partial charge in [0.25, 0.3) is 0 Å². The smallest absolute Gasteiger partial charge is 0.335 e. The van der Waals surface area contributed by atoms with Gasteiger partial charge in [0.05, 0.1) is 12.2 Å². The van der Waals surface area contributed by atoms with Gasteiger partial charge >= 0.3 is 5.97 Å². The number of aromatic carboxylic acids is 1. The van der Waals surface area contributed by atoms with Crippen LogP contribution in [0.5, 0.6) is 0 Å². The molecule has 0 atom stereocenters. The van der Waals surface area contributed by atoms with Gasteiger partial charge in [-0.2, -0.15) is 0 Å². The summed E-state index contributed by atoms with van der Waals surface area (Å²) in [6.45, 7) is 2.46. The van der Waals surface area contributed by atoms with Crippen LogP contribution >= 0.6 is 11.6 Å². The van der Waals surface area contributed by atoms with E-state index in [1.165, 1.54) is 11.1 Å². The van der Waals surface area contributed by atoms with Gasteiger partial charge in [0.15, 0.2) is 0 Å². The molecular formula is C32H31ClFNO2. The van der Waals surface area contributed by atoms with Crippen LogP contribution in [0.15, 0.2) is 72.3 Å². The summed E-state index contributed by atoms with van der Waals surface area (Å²) in [5.41, 5.74) is 9.71. The Bertz CT molecular complexity index is 1340. The molecule has 3 aromatic rings. The first-order valence-electron chi connectivity index (χ1n) is 13.0. The number of benzene rings is 3. The third kappa shape index (κ3) is 5.87. The minimum Gasteiger partial charge on any atom is -0.478 e. The number of aryl methyl sites for hydroxylation is 1. The molecular weight excluding hydrogens is 485 g/mol. The van der Waals surface area contributed by atoms with Crippen LogP contribution in [-0.2, 0) is 6.42 Å². The Balaban J connectivity index is 1.53. The van der Waals surface area contributed by atoms with E-state index in [0.29, 0.717) is 17.0 Å². The van der Waals surface area contributed by atoms with Crippen molar-refractivity contribution in [2.75, 3.05) is 26.3 Å². The molecule has 5 rings (SSSR count). The summed E-state index contributed by atoms with van der Waals surface area (Å²) in [5.74, 6) is -0.900. The van der Waals surface area contributed by atoms with Crippen LogP contribution in [0.25, 0.3) is 17.2 Å². The van der Waals surface area contributed by atoms with Gasteiger partial charge in [0.2, 0.25) is 0 Å². The molecule has 0 amide bonds. The lowest BCUT2D eigenvalue weighted by atomic mass is 9.87.